The zero-order chi connectivity index (χ0) is 21.3. The van der Waals surface area contributed by atoms with Gasteiger partial charge in [0, 0.05) is 41.9 Å². The number of rotatable bonds is 5. The standard InChI is InChI=1S/C24H22N4O2/c1-16-21(24(30)15-27-20-12-22(27)23(29)13-20)11-19(5-3-2-4-10-25)28(16)18-8-6-17(14-26)7-9-18/h6-9,11,20,22-23,29H,2,4,12-13,15H2,1H3/t20?,22?,23-/m0/s1. The number of Topliss-reactive ketones (excluding diaryl/α,β-unsaturated/α-hetero) is 1. The lowest BCUT2D eigenvalue weighted by Gasteiger charge is -2.40. The first-order chi connectivity index (χ1) is 14.5. The van der Waals surface area contributed by atoms with Crippen molar-refractivity contribution in [2.75, 3.05) is 6.54 Å². The number of aromatic nitrogens is 1. The van der Waals surface area contributed by atoms with Gasteiger partial charge < -0.3 is 9.67 Å². The van der Waals surface area contributed by atoms with E-state index < -0.39 is 0 Å². The van der Waals surface area contributed by atoms with Crippen molar-refractivity contribution in [3.63, 3.8) is 0 Å². The smallest absolute Gasteiger partial charge is 0.178 e. The Hall–Kier alpha value is -3.37. The number of nitriles is 2. The number of unbranched alkanes of at least 4 members (excludes halogenated alkanes) is 1. The van der Waals surface area contributed by atoms with E-state index in [-0.39, 0.29) is 17.9 Å². The third-order valence-corrected chi connectivity index (χ3v) is 6.07. The fraction of sp³-hybridized carbons (Fsp3) is 0.375. The zero-order valence-corrected chi connectivity index (χ0v) is 16.8. The number of hydrogen-bond acceptors (Lipinski definition) is 5. The van der Waals surface area contributed by atoms with Gasteiger partial charge in [0.2, 0.25) is 0 Å². The van der Waals surface area contributed by atoms with E-state index in [0.29, 0.717) is 42.2 Å². The molecule has 2 aliphatic heterocycles. The largest absolute Gasteiger partial charge is 0.391 e. The molecule has 2 unspecified atom stereocenters. The highest BCUT2D eigenvalue weighted by atomic mass is 16.3. The average molecular weight is 398 g/mol. The number of benzene rings is 1. The predicted octanol–water partition coefficient (Wildman–Crippen LogP) is 2.70. The van der Waals surface area contributed by atoms with Crippen LogP contribution in [0.2, 0.25) is 0 Å². The molecule has 1 aromatic heterocycles. The third-order valence-electron chi connectivity index (χ3n) is 6.07. The monoisotopic (exact) mass is 398 g/mol. The number of fused-ring (bicyclic) bond motifs is 1. The van der Waals surface area contributed by atoms with E-state index in [1.54, 1.807) is 12.1 Å². The van der Waals surface area contributed by atoms with Crippen molar-refractivity contribution >= 4 is 5.78 Å². The molecule has 2 aromatic rings. The normalized spacial score (nSPS) is 21.8. The van der Waals surface area contributed by atoms with Crippen LogP contribution in [-0.4, -0.2) is 45.1 Å². The lowest BCUT2D eigenvalue weighted by atomic mass is 10.0. The van der Waals surface area contributed by atoms with E-state index in [1.807, 2.05) is 29.7 Å². The number of aliphatic hydroxyl groups excluding tert-OH is 1. The van der Waals surface area contributed by atoms with Crippen LogP contribution >= 0.6 is 0 Å². The number of carbonyl (C=O) groups excluding carboxylic acids is 1. The van der Waals surface area contributed by atoms with Gasteiger partial charge in [0.1, 0.15) is 0 Å². The van der Waals surface area contributed by atoms with Crippen molar-refractivity contribution < 1.29 is 9.90 Å². The molecule has 3 aliphatic rings. The van der Waals surface area contributed by atoms with Crippen LogP contribution in [0.1, 0.15) is 53.0 Å². The minimum atomic E-state index is -0.325. The highest BCUT2D eigenvalue weighted by molar-refractivity contribution is 5.99. The molecule has 5 rings (SSSR count). The topological polar surface area (TPSA) is 93.1 Å². The molecule has 1 N–H and O–H groups in total. The molecule has 30 heavy (non-hydrogen) atoms. The Morgan fingerprint density at radius 1 is 1.20 bits per heavy atom. The second-order valence-electron chi connectivity index (χ2n) is 7.84. The van der Waals surface area contributed by atoms with E-state index >= 15 is 0 Å². The Kier molecular flexibility index (Phi) is 5.42. The van der Waals surface area contributed by atoms with Gasteiger partial charge in [-0.3, -0.25) is 9.69 Å². The maximum atomic E-state index is 13.1. The van der Waals surface area contributed by atoms with Crippen molar-refractivity contribution in [3.8, 4) is 29.7 Å². The number of nitrogens with zero attached hydrogens (tertiary/aromatic N) is 4. The van der Waals surface area contributed by atoms with Crippen LogP contribution in [0.4, 0.5) is 0 Å². The first-order valence-electron chi connectivity index (χ1n) is 10.1. The van der Waals surface area contributed by atoms with Crippen molar-refractivity contribution in [2.24, 2.45) is 0 Å². The van der Waals surface area contributed by atoms with Gasteiger partial charge in [0.25, 0.3) is 0 Å². The molecule has 3 atom stereocenters. The Bertz CT molecular complexity index is 1120. The van der Waals surface area contributed by atoms with Crippen molar-refractivity contribution in [3.05, 3.63) is 52.8 Å². The maximum absolute atomic E-state index is 13.1. The summed E-state index contributed by atoms with van der Waals surface area (Å²) in [5, 5.41) is 27.8. The lowest BCUT2D eigenvalue weighted by molar-refractivity contribution is 0.0366. The van der Waals surface area contributed by atoms with Gasteiger partial charge in [0.05, 0.1) is 36.0 Å². The Morgan fingerprint density at radius 2 is 1.97 bits per heavy atom. The van der Waals surface area contributed by atoms with Gasteiger partial charge in [-0.05, 0) is 56.0 Å². The summed E-state index contributed by atoms with van der Waals surface area (Å²) in [6, 6.07) is 13.6. The number of hydrogen-bond donors (Lipinski definition) is 1. The molecule has 6 heteroatoms. The molecule has 0 amide bonds. The van der Waals surface area contributed by atoms with Crippen LogP contribution < -0.4 is 0 Å². The molecule has 1 saturated carbocycles. The first kappa shape index (κ1) is 19.9. The summed E-state index contributed by atoms with van der Waals surface area (Å²) in [7, 11) is 0. The summed E-state index contributed by atoms with van der Waals surface area (Å²) < 4.78 is 1.92. The van der Waals surface area contributed by atoms with Crippen LogP contribution in [-0.2, 0) is 0 Å². The second kappa shape index (κ2) is 8.17. The van der Waals surface area contributed by atoms with E-state index in [4.69, 9.17) is 10.5 Å². The van der Waals surface area contributed by atoms with Crippen molar-refractivity contribution in [1.29, 1.82) is 10.5 Å². The summed E-state index contributed by atoms with van der Waals surface area (Å²) in [5.41, 5.74) is 3.49. The molecule has 1 aliphatic carbocycles. The summed E-state index contributed by atoms with van der Waals surface area (Å²) in [4.78, 5) is 15.2. The molecule has 150 valence electrons. The highest BCUT2D eigenvalue weighted by Crippen LogP contribution is 2.40. The van der Waals surface area contributed by atoms with Gasteiger partial charge in [-0.2, -0.15) is 10.5 Å². The zero-order valence-electron chi connectivity index (χ0n) is 16.8. The van der Waals surface area contributed by atoms with E-state index in [1.165, 1.54) is 0 Å². The Labute approximate surface area is 176 Å². The fourth-order valence-corrected chi connectivity index (χ4v) is 4.50. The van der Waals surface area contributed by atoms with E-state index in [9.17, 15) is 9.90 Å². The number of carbonyl (C=O) groups is 1. The second-order valence-corrected chi connectivity index (χ2v) is 7.84. The summed E-state index contributed by atoms with van der Waals surface area (Å²) >= 11 is 0. The van der Waals surface area contributed by atoms with Crippen molar-refractivity contribution in [2.45, 2.75) is 50.8 Å². The minimum Gasteiger partial charge on any atom is -0.391 e. The molecule has 3 fully saturated rings. The van der Waals surface area contributed by atoms with Gasteiger partial charge in [-0.25, -0.2) is 0 Å². The third kappa shape index (κ3) is 3.51. The first-order valence-corrected chi connectivity index (χ1v) is 10.1. The summed E-state index contributed by atoms with van der Waals surface area (Å²) in [6.07, 6.45) is 2.21. The summed E-state index contributed by atoms with van der Waals surface area (Å²) in [5.74, 6) is 6.13. The van der Waals surface area contributed by atoms with Crippen LogP contribution in [0.15, 0.2) is 30.3 Å². The fourth-order valence-electron chi connectivity index (χ4n) is 4.50. The molecule has 6 nitrogen and oxygen atoms in total. The van der Waals surface area contributed by atoms with Crippen molar-refractivity contribution in [1.82, 2.24) is 9.47 Å². The molecule has 0 spiro atoms. The molecule has 2 bridgehead atoms. The van der Waals surface area contributed by atoms with E-state index in [0.717, 1.165) is 24.2 Å². The minimum absolute atomic E-state index is 0.0174. The molecule has 3 heterocycles. The van der Waals surface area contributed by atoms with Crippen LogP contribution in [0.3, 0.4) is 0 Å². The Morgan fingerprint density at radius 3 is 2.57 bits per heavy atom. The Balaban J connectivity index is 1.66. The van der Waals surface area contributed by atoms with Gasteiger partial charge >= 0.3 is 0 Å². The van der Waals surface area contributed by atoms with E-state index in [2.05, 4.69) is 28.9 Å². The highest BCUT2D eigenvalue weighted by Gasteiger charge is 2.51. The van der Waals surface area contributed by atoms with Gasteiger partial charge in [-0.1, -0.05) is 5.92 Å². The SMILES string of the molecule is Cc1c(C(=O)CN2C3CC2[C@@H](O)C3)cc(C#CCCC#N)n1-c1ccc(C#N)cc1. The number of ketones is 1. The molecular formula is C24H22N4O2. The molecular weight excluding hydrogens is 376 g/mol. The predicted molar refractivity (Wildman–Crippen MR) is 111 cm³/mol. The van der Waals surface area contributed by atoms with Crippen LogP contribution in [0, 0.1) is 41.4 Å². The maximum Gasteiger partial charge on any atom is 0.178 e. The summed E-state index contributed by atoms with van der Waals surface area (Å²) in [6.45, 7) is 2.19. The van der Waals surface area contributed by atoms with Gasteiger partial charge in [0.15, 0.2) is 5.78 Å². The molecule has 0 radical (unpaired) electrons. The lowest BCUT2D eigenvalue weighted by Crippen LogP contribution is -2.52. The number of aliphatic hydroxyl groups is 1. The molecule has 2 saturated heterocycles. The van der Waals surface area contributed by atoms with Crippen LogP contribution in [0.25, 0.3) is 5.69 Å². The van der Waals surface area contributed by atoms with Crippen LogP contribution in [0.5, 0.6) is 0 Å². The quantitative estimate of drug-likeness (QED) is 0.475. The molecule has 1 aromatic carbocycles. The average Bonchev–Trinajstić information content (AvgIpc) is 3.39. The van der Waals surface area contributed by atoms with Gasteiger partial charge in [-0.15, -0.1) is 0 Å².